The predicted octanol–water partition coefficient (Wildman–Crippen LogP) is 2.95. The van der Waals surface area contributed by atoms with Gasteiger partial charge in [-0.2, -0.15) is 0 Å². The average molecular weight is 331 g/mol. The van der Waals surface area contributed by atoms with E-state index in [2.05, 4.69) is 5.32 Å². The van der Waals surface area contributed by atoms with Crippen LogP contribution >= 0.6 is 23.2 Å². The Morgan fingerprint density at radius 3 is 2.71 bits per heavy atom. The van der Waals surface area contributed by atoms with Gasteiger partial charge in [0.2, 0.25) is 0 Å². The standard InChI is InChI=1S/C13H12Cl2N2O4/c14-8-3-6(4-10(12(8)15)17(19)20)13(18)16-9-5-7-1-2-11(9)21-7/h3-4,7,9,11H,1-2,5H2,(H,16,18). The van der Waals surface area contributed by atoms with Crippen molar-refractivity contribution in [2.75, 3.05) is 0 Å². The molecular weight excluding hydrogens is 319 g/mol. The summed E-state index contributed by atoms with van der Waals surface area (Å²) in [6.07, 6.45) is 2.98. The van der Waals surface area contributed by atoms with Gasteiger partial charge in [-0.3, -0.25) is 14.9 Å². The van der Waals surface area contributed by atoms with Crippen LogP contribution in [0.2, 0.25) is 10.0 Å². The predicted molar refractivity (Wildman–Crippen MR) is 76.9 cm³/mol. The van der Waals surface area contributed by atoms with Gasteiger partial charge < -0.3 is 10.1 Å². The van der Waals surface area contributed by atoms with Gasteiger partial charge in [0.05, 0.1) is 28.2 Å². The minimum absolute atomic E-state index is 0.0137. The number of amides is 1. The molecule has 21 heavy (non-hydrogen) atoms. The molecule has 2 heterocycles. The molecule has 1 aromatic rings. The number of halogens is 2. The molecule has 3 unspecified atom stereocenters. The summed E-state index contributed by atoms with van der Waals surface area (Å²) in [7, 11) is 0. The highest BCUT2D eigenvalue weighted by molar-refractivity contribution is 6.43. The van der Waals surface area contributed by atoms with Crippen molar-refractivity contribution < 1.29 is 14.5 Å². The van der Waals surface area contributed by atoms with Crippen molar-refractivity contribution >= 4 is 34.8 Å². The molecule has 0 aliphatic carbocycles. The maximum atomic E-state index is 12.2. The zero-order chi connectivity index (χ0) is 15.1. The highest BCUT2D eigenvalue weighted by Crippen LogP contribution is 2.35. The summed E-state index contributed by atoms with van der Waals surface area (Å²) >= 11 is 11.6. The van der Waals surface area contributed by atoms with E-state index in [0.717, 1.165) is 25.3 Å². The lowest BCUT2D eigenvalue weighted by Crippen LogP contribution is -2.41. The summed E-state index contributed by atoms with van der Waals surface area (Å²) in [5.74, 6) is -0.405. The zero-order valence-corrected chi connectivity index (χ0v) is 12.4. The number of benzene rings is 1. The first-order chi connectivity index (χ1) is 9.95. The third kappa shape index (κ3) is 2.71. The maximum absolute atomic E-state index is 12.2. The van der Waals surface area contributed by atoms with E-state index in [1.165, 1.54) is 6.07 Å². The van der Waals surface area contributed by atoms with Crippen molar-refractivity contribution in [1.82, 2.24) is 5.32 Å². The van der Waals surface area contributed by atoms with Crippen LogP contribution < -0.4 is 5.32 Å². The van der Waals surface area contributed by atoms with E-state index >= 15 is 0 Å². The number of hydrogen-bond acceptors (Lipinski definition) is 4. The summed E-state index contributed by atoms with van der Waals surface area (Å²) < 4.78 is 5.66. The molecule has 1 amide bonds. The molecule has 2 saturated heterocycles. The molecule has 0 saturated carbocycles. The van der Waals surface area contributed by atoms with Gasteiger partial charge in [-0.15, -0.1) is 0 Å². The van der Waals surface area contributed by atoms with Gasteiger partial charge in [-0.25, -0.2) is 0 Å². The second kappa shape index (κ2) is 5.44. The molecule has 2 aliphatic heterocycles. The first-order valence-corrected chi connectivity index (χ1v) is 7.31. The van der Waals surface area contributed by atoms with E-state index in [1.54, 1.807) is 0 Å². The Morgan fingerprint density at radius 2 is 2.14 bits per heavy atom. The molecule has 1 aromatic carbocycles. The lowest BCUT2D eigenvalue weighted by atomic mass is 9.95. The van der Waals surface area contributed by atoms with Gasteiger partial charge >= 0.3 is 0 Å². The average Bonchev–Trinajstić information content (AvgIpc) is 3.03. The first-order valence-electron chi connectivity index (χ1n) is 6.55. The molecule has 0 spiro atoms. The number of nitro groups is 1. The normalized spacial score (nSPS) is 26.9. The number of nitrogens with zero attached hydrogens (tertiary/aromatic N) is 1. The third-order valence-corrected chi connectivity index (χ3v) is 4.68. The molecule has 8 heteroatoms. The van der Waals surface area contributed by atoms with E-state index in [4.69, 9.17) is 27.9 Å². The van der Waals surface area contributed by atoms with Gasteiger partial charge in [0, 0.05) is 11.6 Å². The van der Waals surface area contributed by atoms with Crippen LogP contribution in [0.4, 0.5) is 5.69 Å². The van der Waals surface area contributed by atoms with Crippen molar-refractivity contribution in [2.24, 2.45) is 0 Å². The summed E-state index contributed by atoms with van der Waals surface area (Å²) in [5.41, 5.74) is -0.252. The molecule has 112 valence electrons. The number of nitro benzene ring substituents is 1. The Morgan fingerprint density at radius 1 is 1.38 bits per heavy atom. The Hall–Kier alpha value is -1.37. The lowest BCUT2D eigenvalue weighted by molar-refractivity contribution is -0.384. The van der Waals surface area contributed by atoms with Gasteiger partial charge in [-0.1, -0.05) is 23.2 Å². The molecule has 2 bridgehead atoms. The molecule has 3 atom stereocenters. The van der Waals surface area contributed by atoms with Crippen molar-refractivity contribution in [3.63, 3.8) is 0 Å². The van der Waals surface area contributed by atoms with Crippen LogP contribution in [0.1, 0.15) is 29.6 Å². The topological polar surface area (TPSA) is 81.5 Å². The Balaban J connectivity index is 1.80. The van der Waals surface area contributed by atoms with E-state index < -0.39 is 10.8 Å². The van der Waals surface area contributed by atoms with Gasteiger partial charge in [0.1, 0.15) is 5.02 Å². The van der Waals surface area contributed by atoms with Crippen LogP contribution in [0.3, 0.4) is 0 Å². The Labute approximate surface area is 130 Å². The van der Waals surface area contributed by atoms with Crippen LogP contribution in [0, 0.1) is 10.1 Å². The van der Waals surface area contributed by atoms with Crippen LogP contribution in [0.15, 0.2) is 12.1 Å². The van der Waals surface area contributed by atoms with Crippen LogP contribution in [-0.4, -0.2) is 29.1 Å². The number of carbonyl (C=O) groups is 1. The van der Waals surface area contributed by atoms with Gasteiger partial charge in [-0.05, 0) is 25.3 Å². The molecule has 2 aliphatic rings. The summed E-state index contributed by atoms with van der Waals surface area (Å²) in [5, 5.41) is 13.6. The number of rotatable bonds is 3. The molecular formula is C13H12Cl2N2O4. The minimum Gasteiger partial charge on any atom is -0.373 e. The van der Waals surface area contributed by atoms with E-state index in [0.29, 0.717) is 0 Å². The zero-order valence-electron chi connectivity index (χ0n) is 10.8. The van der Waals surface area contributed by atoms with Crippen LogP contribution in [-0.2, 0) is 4.74 Å². The first kappa shape index (κ1) is 14.6. The van der Waals surface area contributed by atoms with Crippen molar-refractivity contribution in [3.05, 3.63) is 37.9 Å². The van der Waals surface area contributed by atoms with Gasteiger partial charge in [0.25, 0.3) is 11.6 Å². The molecule has 3 rings (SSSR count). The highest BCUT2D eigenvalue weighted by Gasteiger charge is 2.41. The van der Waals surface area contributed by atoms with E-state index in [9.17, 15) is 14.9 Å². The molecule has 2 fully saturated rings. The summed E-state index contributed by atoms with van der Waals surface area (Å²) in [6, 6.07) is 2.42. The minimum atomic E-state index is -0.661. The monoisotopic (exact) mass is 330 g/mol. The Bertz CT molecular complexity index is 622. The Kier molecular flexibility index (Phi) is 3.77. The van der Waals surface area contributed by atoms with E-state index in [-0.39, 0.29) is 39.5 Å². The molecule has 0 aromatic heterocycles. The van der Waals surface area contributed by atoms with Crippen molar-refractivity contribution in [2.45, 2.75) is 37.5 Å². The third-order valence-electron chi connectivity index (χ3n) is 3.89. The van der Waals surface area contributed by atoms with Gasteiger partial charge in [0.15, 0.2) is 0 Å². The number of ether oxygens (including phenoxy) is 1. The van der Waals surface area contributed by atoms with E-state index in [1.807, 2.05) is 0 Å². The second-order valence-corrected chi connectivity index (χ2v) is 6.02. The lowest BCUT2D eigenvalue weighted by Gasteiger charge is -2.20. The fourth-order valence-corrected chi connectivity index (χ4v) is 3.27. The SMILES string of the molecule is O=C(NC1CC2CCC1O2)c1cc(Cl)c(Cl)c([N+](=O)[O-])c1. The highest BCUT2D eigenvalue weighted by atomic mass is 35.5. The fraction of sp³-hybridized carbons (Fsp3) is 0.462. The van der Waals surface area contributed by atoms with Crippen LogP contribution in [0.5, 0.6) is 0 Å². The number of nitrogens with one attached hydrogen (secondary N) is 1. The number of hydrogen-bond donors (Lipinski definition) is 1. The number of fused-ring (bicyclic) bond motifs is 2. The molecule has 1 N–H and O–H groups in total. The second-order valence-electron chi connectivity index (χ2n) is 5.24. The quantitative estimate of drug-likeness (QED) is 0.682. The summed E-state index contributed by atoms with van der Waals surface area (Å²) in [6.45, 7) is 0. The largest absolute Gasteiger partial charge is 0.373 e. The van der Waals surface area contributed by atoms with Crippen LogP contribution in [0.25, 0.3) is 0 Å². The fourth-order valence-electron chi connectivity index (χ4n) is 2.88. The maximum Gasteiger partial charge on any atom is 0.290 e. The number of carbonyl (C=O) groups excluding carboxylic acids is 1. The molecule has 6 nitrogen and oxygen atoms in total. The smallest absolute Gasteiger partial charge is 0.290 e. The summed E-state index contributed by atoms with van der Waals surface area (Å²) in [4.78, 5) is 22.5. The van der Waals surface area contributed by atoms with Crippen molar-refractivity contribution in [3.8, 4) is 0 Å². The molecule has 0 radical (unpaired) electrons. The van der Waals surface area contributed by atoms with Crippen molar-refractivity contribution in [1.29, 1.82) is 0 Å².